The van der Waals surface area contributed by atoms with Crippen molar-refractivity contribution in [2.45, 2.75) is 39.7 Å². The van der Waals surface area contributed by atoms with E-state index >= 15 is 0 Å². The largest absolute Gasteiger partial charge is 0.492 e. The Bertz CT molecular complexity index is 631. The van der Waals surface area contributed by atoms with Gasteiger partial charge in [-0.3, -0.25) is 4.57 Å². The van der Waals surface area contributed by atoms with Crippen LogP contribution in [0.25, 0.3) is 5.69 Å². The SMILES string of the molecule is CCOc1ccccc1-n1c(C(C)C)nc2c1CCNC2. The first kappa shape index (κ1) is 14.1. The molecule has 1 aliphatic rings. The van der Waals surface area contributed by atoms with Gasteiger partial charge in [-0.05, 0) is 19.1 Å². The summed E-state index contributed by atoms with van der Waals surface area (Å²) in [4.78, 5) is 4.87. The van der Waals surface area contributed by atoms with Gasteiger partial charge in [0.15, 0.2) is 0 Å². The second kappa shape index (κ2) is 5.90. The number of hydrogen-bond acceptors (Lipinski definition) is 3. The normalized spacial score (nSPS) is 14.3. The topological polar surface area (TPSA) is 39.1 Å². The molecule has 0 unspecified atom stereocenters. The van der Waals surface area contributed by atoms with E-state index < -0.39 is 0 Å². The Labute approximate surface area is 126 Å². The smallest absolute Gasteiger partial charge is 0.143 e. The van der Waals surface area contributed by atoms with Crippen LogP contribution in [0, 0.1) is 0 Å². The van der Waals surface area contributed by atoms with Crippen LogP contribution in [0.15, 0.2) is 24.3 Å². The molecule has 1 aromatic carbocycles. The van der Waals surface area contributed by atoms with E-state index in [2.05, 4.69) is 35.9 Å². The summed E-state index contributed by atoms with van der Waals surface area (Å²) in [5.41, 5.74) is 3.61. The number of rotatable bonds is 4. The monoisotopic (exact) mass is 285 g/mol. The highest BCUT2D eigenvalue weighted by atomic mass is 16.5. The summed E-state index contributed by atoms with van der Waals surface area (Å²) in [7, 11) is 0. The first-order chi connectivity index (χ1) is 10.2. The molecule has 2 aromatic rings. The van der Waals surface area contributed by atoms with Crippen LogP contribution in [0.2, 0.25) is 0 Å². The molecule has 4 nitrogen and oxygen atoms in total. The molecule has 4 heteroatoms. The van der Waals surface area contributed by atoms with Gasteiger partial charge in [-0.2, -0.15) is 0 Å². The lowest BCUT2D eigenvalue weighted by atomic mass is 10.1. The van der Waals surface area contributed by atoms with E-state index in [0.717, 1.165) is 36.8 Å². The van der Waals surface area contributed by atoms with Gasteiger partial charge in [-0.1, -0.05) is 26.0 Å². The number of nitrogens with zero attached hydrogens (tertiary/aromatic N) is 2. The average molecular weight is 285 g/mol. The van der Waals surface area contributed by atoms with Gasteiger partial charge in [-0.25, -0.2) is 4.98 Å². The summed E-state index contributed by atoms with van der Waals surface area (Å²) in [5.74, 6) is 2.43. The molecular weight excluding hydrogens is 262 g/mol. The maximum atomic E-state index is 5.82. The highest BCUT2D eigenvalue weighted by Crippen LogP contribution is 2.31. The minimum atomic E-state index is 0.380. The lowest BCUT2D eigenvalue weighted by molar-refractivity contribution is 0.338. The van der Waals surface area contributed by atoms with Gasteiger partial charge in [0.1, 0.15) is 11.6 Å². The van der Waals surface area contributed by atoms with Crippen molar-refractivity contribution in [2.75, 3.05) is 13.2 Å². The van der Waals surface area contributed by atoms with Crippen LogP contribution in [-0.2, 0) is 13.0 Å². The molecule has 3 rings (SSSR count). The molecule has 0 aliphatic carbocycles. The molecule has 1 N–H and O–H groups in total. The standard InChI is InChI=1S/C17H23N3O/c1-4-21-16-8-6-5-7-15(16)20-14-9-10-18-11-13(14)19-17(20)12(2)3/h5-8,12,18H,4,9-11H2,1-3H3. The third-order valence-corrected chi connectivity index (χ3v) is 3.84. The van der Waals surface area contributed by atoms with E-state index in [4.69, 9.17) is 9.72 Å². The van der Waals surface area contributed by atoms with Gasteiger partial charge in [0.05, 0.1) is 18.0 Å². The van der Waals surface area contributed by atoms with E-state index in [1.54, 1.807) is 0 Å². The zero-order chi connectivity index (χ0) is 14.8. The lowest BCUT2D eigenvalue weighted by Gasteiger charge is -2.19. The molecular formula is C17H23N3O. The predicted molar refractivity (Wildman–Crippen MR) is 84.2 cm³/mol. The predicted octanol–water partition coefficient (Wildman–Crippen LogP) is 3.04. The first-order valence-electron chi connectivity index (χ1n) is 7.75. The Hall–Kier alpha value is -1.81. The molecule has 0 saturated heterocycles. The van der Waals surface area contributed by atoms with Crippen LogP contribution in [0.4, 0.5) is 0 Å². The Morgan fingerprint density at radius 3 is 2.90 bits per heavy atom. The van der Waals surface area contributed by atoms with Gasteiger partial charge in [0.2, 0.25) is 0 Å². The van der Waals surface area contributed by atoms with Gasteiger partial charge in [-0.15, -0.1) is 0 Å². The summed E-state index contributed by atoms with van der Waals surface area (Å²) in [5, 5.41) is 3.40. The van der Waals surface area contributed by atoms with Crippen LogP contribution >= 0.6 is 0 Å². The zero-order valence-corrected chi connectivity index (χ0v) is 13.0. The number of hydrogen-bond donors (Lipinski definition) is 1. The fourth-order valence-electron chi connectivity index (χ4n) is 2.91. The Balaban J connectivity index is 2.19. The second-order valence-electron chi connectivity index (χ2n) is 5.68. The zero-order valence-electron chi connectivity index (χ0n) is 13.0. The summed E-state index contributed by atoms with van der Waals surface area (Å²) < 4.78 is 8.13. The van der Waals surface area contributed by atoms with Crippen molar-refractivity contribution >= 4 is 0 Å². The second-order valence-corrected chi connectivity index (χ2v) is 5.68. The summed E-state index contributed by atoms with van der Waals surface area (Å²) in [6.07, 6.45) is 1.01. The third kappa shape index (κ3) is 2.56. The van der Waals surface area contributed by atoms with Gasteiger partial charge < -0.3 is 10.1 Å². The number of nitrogens with one attached hydrogen (secondary N) is 1. The molecule has 0 saturated carbocycles. The summed E-state index contributed by atoms with van der Waals surface area (Å²) >= 11 is 0. The average Bonchev–Trinajstić information content (AvgIpc) is 2.88. The fraction of sp³-hybridized carbons (Fsp3) is 0.471. The molecule has 1 aromatic heterocycles. The quantitative estimate of drug-likeness (QED) is 0.938. The van der Waals surface area contributed by atoms with Crippen LogP contribution in [0.1, 0.15) is 43.9 Å². The number of ether oxygens (including phenoxy) is 1. The van der Waals surface area contributed by atoms with Crippen molar-refractivity contribution in [3.63, 3.8) is 0 Å². The van der Waals surface area contributed by atoms with Crippen molar-refractivity contribution in [1.82, 2.24) is 14.9 Å². The molecule has 0 atom stereocenters. The van der Waals surface area contributed by atoms with E-state index in [9.17, 15) is 0 Å². The van der Waals surface area contributed by atoms with Crippen molar-refractivity contribution in [3.05, 3.63) is 41.5 Å². The van der Waals surface area contributed by atoms with E-state index in [-0.39, 0.29) is 0 Å². The summed E-state index contributed by atoms with van der Waals surface area (Å²) in [6, 6.07) is 8.25. The molecule has 0 spiro atoms. The van der Waals surface area contributed by atoms with Crippen molar-refractivity contribution in [3.8, 4) is 11.4 Å². The van der Waals surface area contributed by atoms with E-state index in [0.29, 0.717) is 12.5 Å². The van der Waals surface area contributed by atoms with Gasteiger partial charge in [0.25, 0.3) is 0 Å². The molecule has 112 valence electrons. The van der Waals surface area contributed by atoms with Gasteiger partial charge >= 0.3 is 0 Å². The summed E-state index contributed by atoms with van der Waals surface area (Å²) in [6.45, 7) is 8.95. The molecule has 0 fully saturated rings. The third-order valence-electron chi connectivity index (χ3n) is 3.84. The number of para-hydroxylation sites is 2. The molecule has 21 heavy (non-hydrogen) atoms. The maximum Gasteiger partial charge on any atom is 0.143 e. The Kier molecular flexibility index (Phi) is 3.97. The number of benzene rings is 1. The lowest BCUT2D eigenvalue weighted by Crippen LogP contribution is -2.25. The van der Waals surface area contributed by atoms with Crippen molar-refractivity contribution < 1.29 is 4.74 Å². The highest BCUT2D eigenvalue weighted by molar-refractivity contribution is 5.50. The van der Waals surface area contributed by atoms with Crippen molar-refractivity contribution in [2.24, 2.45) is 0 Å². The van der Waals surface area contributed by atoms with E-state index in [1.807, 2.05) is 19.1 Å². The number of aromatic nitrogens is 2. The first-order valence-corrected chi connectivity index (χ1v) is 7.75. The van der Waals surface area contributed by atoms with Gasteiger partial charge in [0, 0.05) is 31.1 Å². The highest BCUT2D eigenvalue weighted by Gasteiger charge is 2.23. The molecule has 0 radical (unpaired) electrons. The Morgan fingerprint density at radius 2 is 2.14 bits per heavy atom. The van der Waals surface area contributed by atoms with Crippen molar-refractivity contribution in [1.29, 1.82) is 0 Å². The minimum absolute atomic E-state index is 0.380. The minimum Gasteiger partial charge on any atom is -0.492 e. The maximum absolute atomic E-state index is 5.82. The molecule has 0 bridgehead atoms. The number of imidazole rings is 1. The van der Waals surface area contributed by atoms with Crippen LogP contribution in [0.3, 0.4) is 0 Å². The molecule has 0 amide bonds. The Morgan fingerprint density at radius 1 is 1.33 bits per heavy atom. The van der Waals surface area contributed by atoms with E-state index in [1.165, 1.54) is 11.4 Å². The molecule has 1 aliphatic heterocycles. The molecule has 2 heterocycles. The van der Waals surface area contributed by atoms with Crippen LogP contribution in [0.5, 0.6) is 5.75 Å². The van der Waals surface area contributed by atoms with Crippen LogP contribution in [-0.4, -0.2) is 22.7 Å². The fourth-order valence-corrected chi connectivity index (χ4v) is 2.91. The number of fused-ring (bicyclic) bond motifs is 1. The van der Waals surface area contributed by atoms with Crippen LogP contribution < -0.4 is 10.1 Å².